The zero-order valence-corrected chi connectivity index (χ0v) is 12.4. The topological polar surface area (TPSA) is 0 Å². The van der Waals surface area contributed by atoms with E-state index in [1.165, 1.54) is 44.1 Å². The lowest BCUT2D eigenvalue weighted by Gasteiger charge is -2.25. The summed E-state index contributed by atoms with van der Waals surface area (Å²) in [6.07, 6.45) is 7.79. The van der Waals surface area contributed by atoms with E-state index >= 15 is 0 Å². The van der Waals surface area contributed by atoms with E-state index in [2.05, 4.69) is 61.5 Å². The van der Waals surface area contributed by atoms with Gasteiger partial charge >= 0.3 is 0 Å². The van der Waals surface area contributed by atoms with Crippen LogP contribution in [0.2, 0.25) is 0 Å². The van der Waals surface area contributed by atoms with Crippen LogP contribution in [-0.4, -0.2) is 0 Å². The maximum Gasteiger partial charge on any atom is -0.00694 e. The quantitative estimate of drug-likeness (QED) is 0.642. The average molecular weight is 264 g/mol. The fourth-order valence-electron chi connectivity index (χ4n) is 3.62. The van der Waals surface area contributed by atoms with Crippen molar-refractivity contribution < 1.29 is 0 Å². The molecule has 0 aromatic heterocycles. The third-order valence-corrected chi connectivity index (χ3v) is 4.90. The minimum atomic E-state index is 0.424. The Balaban J connectivity index is 1.54. The second-order valence-electron chi connectivity index (χ2n) is 6.41. The second kappa shape index (κ2) is 5.83. The Bertz CT molecular complexity index is 555. The second-order valence-corrected chi connectivity index (χ2v) is 6.41. The molecule has 1 aliphatic carbocycles. The summed E-state index contributed by atoms with van der Waals surface area (Å²) in [5.74, 6) is 0. The van der Waals surface area contributed by atoms with Crippen molar-refractivity contribution in [2.75, 3.05) is 0 Å². The molecule has 0 spiro atoms. The van der Waals surface area contributed by atoms with Gasteiger partial charge in [0.25, 0.3) is 0 Å². The Morgan fingerprint density at radius 1 is 0.900 bits per heavy atom. The summed E-state index contributed by atoms with van der Waals surface area (Å²) in [7, 11) is 0. The molecule has 0 heterocycles. The predicted octanol–water partition coefficient (Wildman–Crippen LogP) is 5.30. The van der Waals surface area contributed by atoms with Crippen molar-refractivity contribution in [3.8, 4) is 0 Å². The van der Waals surface area contributed by atoms with Gasteiger partial charge < -0.3 is 0 Å². The van der Waals surface area contributed by atoms with Gasteiger partial charge in [-0.3, -0.25) is 0 Å². The molecule has 0 aliphatic heterocycles. The van der Waals surface area contributed by atoms with Crippen LogP contribution in [0.4, 0.5) is 0 Å². The van der Waals surface area contributed by atoms with Crippen molar-refractivity contribution in [2.45, 2.75) is 50.9 Å². The highest BCUT2D eigenvalue weighted by Gasteiger charge is 2.32. The van der Waals surface area contributed by atoms with E-state index in [1.807, 2.05) is 0 Å². The smallest absolute Gasteiger partial charge is 0.00694 e. The van der Waals surface area contributed by atoms with E-state index in [9.17, 15) is 0 Å². The van der Waals surface area contributed by atoms with Crippen molar-refractivity contribution in [1.82, 2.24) is 0 Å². The highest BCUT2D eigenvalue weighted by molar-refractivity contribution is 5.38. The minimum absolute atomic E-state index is 0.424. The van der Waals surface area contributed by atoms with Crippen molar-refractivity contribution in [3.05, 3.63) is 71.3 Å². The number of hydrogen-bond donors (Lipinski definition) is 0. The van der Waals surface area contributed by atoms with Crippen LogP contribution in [0.5, 0.6) is 0 Å². The van der Waals surface area contributed by atoms with Crippen LogP contribution < -0.4 is 0 Å². The number of benzene rings is 2. The normalized spacial score (nSPS) is 20.9. The highest BCUT2D eigenvalue weighted by Crippen LogP contribution is 2.42. The lowest BCUT2D eigenvalue weighted by atomic mass is 9.79. The van der Waals surface area contributed by atoms with E-state index in [1.54, 1.807) is 11.1 Å². The fourth-order valence-corrected chi connectivity index (χ4v) is 3.62. The van der Waals surface area contributed by atoms with Gasteiger partial charge in [-0.05, 0) is 54.2 Å². The maximum absolute atomic E-state index is 2.46. The molecule has 2 aromatic rings. The van der Waals surface area contributed by atoms with Gasteiger partial charge in [0.2, 0.25) is 0 Å². The Morgan fingerprint density at radius 3 is 2.50 bits per heavy atom. The first-order chi connectivity index (χ1) is 9.78. The number of aryl methyl sites for hydroxylation is 2. The number of fused-ring (bicyclic) bond motifs is 1. The molecule has 0 bridgehead atoms. The number of rotatable bonds is 5. The molecule has 104 valence electrons. The van der Waals surface area contributed by atoms with Gasteiger partial charge in [-0.1, -0.05) is 67.9 Å². The molecule has 0 heteroatoms. The number of hydrogen-bond acceptors (Lipinski definition) is 0. The molecule has 0 N–H and O–H groups in total. The summed E-state index contributed by atoms with van der Waals surface area (Å²) in [6, 6.07) is 19.9. The first-order valence-electron chi connectivity index (χ1n) is 7.90. The van der Waals surface area contributed by atoms with Crippen LogP contribution in [0.15, 0.2) is 54.6 Å². The zero-order valence-electron chi connectivity index (χ0n) is 12.4. The minimum Gasteiger partial charge on any atom is -0.0622 e. The van der Waals surface area contributed by atoms with Crippen LogP contribution in [0.25, 0.3) is 0 Å². The van der Waals surface area contributed by atoms with E-state index in [0.29, 0.717) is 5.41 Å². The summed E-state index contributed by atoms with van der Waals surface area (Å²) >= 11 is 0. The van der Waals surface area contributed by atoms with Gasteiger partial charge in [-0.2, -0.15) is 0 Å². The maximum atomic E-state index is 2.46. The molecule has 0 nitrogen and oxygen atoms in total. The van der Waals surface area contributed by atoms with E-state index in [-0.39, 0.29) is 0 Å². The van der Waals surface area contributed by atoms with Crippen molar-refractivity contribution in [3.63, 3.8) is 0 Å². The van der Waals surface area contributed by atoms with Crippen molar-refractivity contribution >= 4 is 0 Å². The molecular weight excluding hydrogens is 240 g/mol. The van der Waals surface area contributed by atoms with Crippen LogP contribution >= 0.6 is 0 Å². The third-order valence-electron chi connectivity index (χ3n) is 4.90. The van der Waals surface area contributed by atoms with Gasteiger partial charge in [0.05, 0.1) is 0 Å². The summed E-state index contributed by atoms with van der Waals surface area (Å²) in [5, 5.41) is 0. The Morgan fingerprint density at radius 2 is 1.65 bits per heavy atom. The van der Waals surface area contributed by atoms with Crippen molar-refractivity contribution in [1.29, 1.82) is 0 Å². The van der Waals surface area contributed by atoms with E-state index < -0.39 is 0 Å². The first-order valence-corrected chi connectivity index (χ1v) is 7.90. The Labute approximate surface area is 122 Å². The molecule has 0 saturated carbocycles. The Hall–Kier alpha value is -1.56. The zero-order chi connectivity index (χ0) is 13.8. The van der Waals surface area contributed by atoms with Crippen LogP contribution in [0.1, 0.15) is 49.3 Å². The molecule has 1 aliphatic rings. The predicted molar refractivity (Wildman–Crippen MR) is 86.1 cm³/mol. The lowest BCUT2D eigenvalue weighted by Crippen LogP contribution is -2.17. The summed E-state index contributed by atoms with van der Waals surface area (Å²) in [5.41, 5.74) is 5.09. The molecule has 0 saturated heterocycles. The van der Waals surface area contributed by atoms with E-state index in [4.69, 9.17) is 0 Å². The molecular formula is C20H24. The van der Waals surface area contributed by atoms with E-state index in [0.717, 1.165) is 0 Å². The van der Waals surface area contributed by atoms with Crippen molar-refractivity contribution in [2.24, 2.45) is 0 Å². The summed E-state index contributed by atoms with van der Waals surface area (Å²) in [6.45, 7) is 2.46. The monoisotopic (exact) mass is 264 g/mol. The molecule has 0 unspecified atom stereocenters. The van der Waals surface area contributed by atoms with Crippen LogP contribution in [-0.2, 0) is 18.3 Å². The first kappa shape index (κ1) is 13.4. The molecule has 20 heavy (non-hydrogen) atoms. The Kier molecular flexibility index (Phi) is 3.91. The van der Waals surface area contributed by atoms with Crippen LogP contribution in [0.3, 0.4) is 0 Å². The molecule has 3 rings (SSSR count). The average Bonchev–Trinajstić information content (AvgIpc) is 2.83. The molecule has 2 aromatic carbocycles. The van der Waals surface area contributed by atoms with Gasteiger partial charge in [0, 0.05) is 0 Å². The molecule has 0 fully saturated rings. The van der Waals surface area contributed by atoms with Crippen LogP contribution in [0, 0.1) is 0 Å². The lowest BCUT2D eigenvalue weighted by molar-refractivity contribution is 0.411. The van der Waals surface area contributed by atoms with Gasteiger partial charge in [-0.25, -0.2) is 0 Å². The SMILES string of the molecule is C[C@@]1(CCCCc2ccccc2)CCc2ccccc21. The van der Waals surface area contributed by atoms with Gasteiger partial charge in [0.1, 0.15) is 0 Å². The third kappa shape index (κ3) is 2.80. The standard InChI is InChI=1S/C20H24/c1-20(16-14-18-12-5-6-13-19(18)20)15-8-7-11-17-9-3-2-4-10-17/h2-6,9-10,12-13H,7-8,11,14-16H2,1H3/t20-/m1/s1. The highest BCUT2D eigenvalue weighted by atomic mass is 14.4. The largest absolute Gasteiger partial charge is 0.0622 e. The molecule has 0 amide bonds. The van der Waals surface area contributed by atoms with Gasteiger partial charge in [-0.15, -0.1) is 0 Å². The summed E-state index contributed by atoms with van der Waals surface area (Å²) < 4.78 is 0. The number of unbranched alkanes of at least 4 members (excludes halogenated alkanes) is 1. The fraction of sp³-hybridized carbons (Fsp3) is 0.400. The molecule has 0 radical (unpaired) electrons. The molecule has 1 atom stereocenters. The summed E-state index contributed by atoms with van der Waals surface area (Å²) in [4.78, 5) is 0. The van der Waals surface area contributed by atoms with Gasteiger partial charge in [0.15, 0.2) is 0 Å².